The summed E-state index contributed by atoms with van der Waals surface area (Å²) in [6, 6.07) is 23.5. The molecule has 3 nitrogen and oxygen atoms in total. The molecule has 0 aliphatic carbocycles. The van der Waals surface area contributed by atoms with Gasteiger partial charge in [0, 0.05) is 16.1 Å². The van der Waals surface area contributed by atoms with Gasteiger partial charge in [-0.2, -0.15) is 0 Å². The van der Waals surface area contributed by atoms with Gasteiger partial charge in [0.05, 0.1) is 11.1 Å². The quantitative estimate of drug-likeness (QED) is 0.488. The van der Waals surface area contributed by atoms with Crippen LogP contribution >= 0.6 is 11.6 Å². The predicted octanol–water partition coefficient (Wildman–Crippen LogP) is 5.85. The van der Waals surface area contributed by atoms with Gasteiger partial charge in [0.15, 0.2) is 0 Å². The minimum absolute atomic E-state index is 0.176. The number of carboxylic acids is 1. The molecule has 1 heterocycles. The molecule has 0 aliphatic heterocycles. The van der Waals surface area contributed by atoms with E-state index in [0.29, 0.717) is 10.5 Å². The van der Waals surface area contributed by atoms with Gasteiger partial charge in [0.2, 0.25) is 0 Å². The summed E-state index contributed by atoms with van der Waals surface area (Å²) in [5, 5.41) is 10.6. The fraction of sp³-hybridized carbons (Fsp3) is 0. The van der Waals surface area contributed by atoms with Gasteiger partial charge in [-0.1, -0.05) is 66.2 Å². The van der Waals surface area contributed by atoms with Crippen LogP contribution in [0.15, 0.2) is 72.8 Å². The van der Waals surface area contributed by atoms with E-state index >= 15 is 0 Å². The second-order valence-electron chi connectivity index (χ2n) is 5.85. The number of aromatic nitrogens is 1. The first-order chi connectivity index (χ1) is 12.1. The van der Waals surface area contributed by atoms with Gasteiger partial charge in [-0.15, -0.1) is 0 Å². The number of aromatic amines is 1. The van der Waals surface area contributed by atoms with Crippen molar-refractivity contribution >= 4 is 28.5 Å². The largest absolute Gasteiger partial charge is 0.478 e. The Kier molecular flexibility index (Phi) is 3.79. The van der Waals surface area contributed by atoms with Crippen LogP contribution in [0.4, 0.5) is 0 Å². The highest BCUT2D eigenvalue weighted by Gasteiger charge is 2.13. The molecule has 25 heavy (non-hydrogen) atoms. The highest BCUT2D eigenvalue weighted by molar-refractivity contribution is 6.32. The molecule has 0 atom stereocenters. The monoisotopic (exact) mass is 347 g/mol. The summed E-state index contributed by atoms with van der Waals surface area (Å²) in [6.07, 6.45) is 0. The predicted molar refractivity (Wildman–Crippen MR) is 101 cm³/mol. The molecule has 0 saturated carbocycles. The Morgan fingerprint density at radius 3 is 2.16 bits per heavy atom. The summed E-state index contributed by atoms with van der Waals surface area (Å²) in [4.78, 5) is 14.6. The van der Waals surface area contributed by atoms with Crippen LogP contribution in [0.5, 0.6) is 0 Å². The van der Waals surface area contributed by atoms with Crippen molar-refractivity contribution < 1.29 is 9.90 Å². The van der Waals surface area contributed by atoms with Crippen molar-refractivity contribution in [3.05, 3.63) is 83.4 Å². The van der Waals surface area contributed by atoms with Gasteiger partial charge in [-0.05, 0) is 34.9 Å². The molecule has 0 amide bonds. The average molecular weight is 348 g/mol. The van der Waals surface area contributed by atoms with Crippen LogP contribution in [-0.4, -0.2) is 16.1 Å². The zero-order valence-electron chi connectivity index (χ0n) is 13.2. The zero-order chi connectivity index (χ0) is 17.4. The molecule has 3 aromatic carbocycles. The summed E-state index contributed by atoms with van der Waals surface area (Å²) in [6.45, 7) is 0. The lowest BCUT2D eigenvalue weighted by atomic mass is 10.0. The summed E-state index contributed by atoms with van der Waals surface area (Å²) < 4.78 is 0. The van der Waals surface area contributed by atoms with Crippen molar-refractivity contribution in [2.24, 2.45) is 0 Å². The first-order valence-electron chi connectivity index (χ1n) is 7.83. The number of rotatable bonds is 3. The van der Waals surface area contributed by atoms with Gasteiger partial charge >= 0.3 is 5.97 Å². The topological polar surface area (TPSA) is 53.1 Å². The van der Waals surface area contributed by atoms with E-state index in [-0.39, 0.29) is 5.56 Å². The molecule has 1 aromatic heterocycles. The van der Waals surface area contributed by atoms with Crippen LogP contribution in [0, 0.1) is 0 Å². The standard InChI is InChI=1S/C21H14ClNO2/c22-17-10-16-11-19(23-20(16)18(12-17)21(24)25)15-8-6-14(7-9-15)13-4-2-1-3-5-13/h1-12,23H,(H,24,25). The number of fused-ring (bicyclic) bond motifs is 1. The fourth-order valence-electron chi connectivity index (χ4n) is 3.00. The molecule has 4 aromatic rings. The maximum atomic E-state index is 11.4. The SMILES string of the molecule is O=C(O)c1cc(Cl)cc2cc(-c3ccc(-c4ccccc4)cc3)[nH]c12. The lowest BCUT2D eigenvalue weighted by Gasteiger charge is -2.03. The first-order valence-corrected chi connectivity index (χ1v) is 8.21. The van der Waals surface area contributed by atoms with Crippen molar-refractivity contribution in [2.45, 2.75) is 0 Å². The maximum absolute atomic E-state index is 11.4. The minimum atomic E-state index is -1.000. The highest BCUT2D eigenvalue weighted by Crippen LogP contribution is 2.30. The molecule has 4 heteroatoms. The Morgan fingerprint density at radius 1 is 0.840 bits per heavy atom. The second-order valence-corrected chi connectivity index (χ2v) is 6.29. The normalized spacial score (nSPS) is 10.9. The maximum Gasteiger partial charge on any atom is 0.337 e. The molecule has 0 unspecified atom stereocenters. The molecule has 0 saturated heterocycles. The van der Waals surface area contributed by atoms with E-state index in [4.69, 9.17) is 11.6 Å². The molecular formula is C21H14ClNO2. The zero-order valence-corrected chi connectivity index (χ0v) is 13.9. The molecule has 0 radical (unpaired) electrons. The first kappa shape index (κ1) is 15.5. The van der Waals surface area contributed by atoms with E-state index in [1.54, 1.807) is 6.07 Å². The van der Waals surface area contributed by atoms with Gasteiger partial charge in [0.25, 0.3) is 0 Å². The molecular weight excluding hydrogens is 334 g/mol. The van der Waals surface area contributed by atoms with E-state index in [2.05, 4.69) is 29.2 Å². The third-order valence-corrected chi connectivity index (χ3v) is 4.44. The van der Waals surface area contributed by atoms with E-state index in [0.717, 1.165) is 27.8 Å². The average Bonchev–Trinajstić information content (AvgIpc) is 3.05. The van der Waals surface area contributed by atoms with E-state index < -0.39 is 5.97 Å². The smallest absolute Gasteiger partial charge is 0.337 e. The van der Waals surface area contributed by atoms with E-state index in [1.165, 1.54) is 6.07 Å². The Morgan fingerprint density at radius 2 is 1.48 bits per heavy atom. The number of carbonyl (C=O) groups is 1. The van der Waals surface area contributed by atoms with Crippen LogP contribution in [0.1, 0.15) is 10.4 Å². The van der Waals surface area contributed by atoms with Crippen LogP contribution in [-0.2, 0) is 0 Å². The lowest BCUT2D eigenvalue weighted by molar-refractivity contribution is 0.0699. The van der Waals surface area contributed by atoms with Gasteiger partial charge in [-0.3, -0.25) is 0 Å². The van der Waals surface area contributed by atoms with Gasteiger partial charge in [0.1, 0.15) is 0 Å². The number of aromatic carboxylic acids is 1. The van der Waals surface area contributed by atoms with Crippen molar-refractivity contribution in [1.29, 1.82) is 0 Å². The van der Waals surface area contributed by atoms with E-state index in [9.17, 15) is 9.90 Å². The molecule has 0 bridgehead atoms. The number of nitrogens with one attached hydrogen (secondary N) is 1. The number of hydrogen-bond donors (Lipinski definition) is 2. The van der Waals surface area contributed by atoms with Crippen LogP contribution in [0.25, 0.3) is 33.3 Å². The molecule has 2 N–H and O–H groups in total. The molecule has 4 rings (SSSR count). The number of hydrogen-bond acceptors (Lipinski definition) is 1. The summed E-state index contributed by atoms with van der Waals surface area (Å²) in [5.41, 5.74) is 4.90. The molecule has 0 aliphatic rings. The fourth-order valence-corrected chi connectivity index (χ4v) is 3.23. The van der Waals surface area contributed by atoms with Crippen molar-refractivity contribution in [2.75, 3.05) is 0 Å². The van der Waals surface area contributed by atoms with Crippen LogP contribution < -0.4 is 0 Å². The van der Waals surface area contributed by atoms with Crippen molar-refractivity contribution in [3.63, 3.8) is 0 Å². The summed E-state index contributed by atoms with van der Waals surface area (Å²) >= 11 is 6.03. The Balaban J connectivity index is 1.77. The van der Waals surface area contributed by atoms with Gasteiger partial charge < -0.3 is 10.1 Å². The Bertz CT molecular complexity index is 1070. The van der Waals surface area contributed by atoms with Crippen molar-refractivity contribution in [3.8, 4) is 22.4 Å². The van der Waals surface area contributed by atoms with Crippen molar-refractivity contribution in [1.82, 2.24) is 4.98 Å². The second kappa shape index (κ2) is 6.11. The Hall–Kier alpha value is -3.04. The Labute approximate surface area is 149 Å². The van der Waals surface area contributed by atoms with Crippen LogP contribution in [0.2, 0.25) is 5.02 Å². The number of carboxylic acid groups (broad SMARTS) is 1. The summed E-state index contributed by atoms with van der Waals surface area (Å²) in [5.74, 6) is -1.000. The highest BCUT2D eigenvalue weighted by atomic mass is 35.5. The number of benzene rings is 3. The van der Waals surface area contributed by atoms with E-state index in [1.807, 2.05) is 36.4 Å². The number of H-pyrrole nitrogens is 1. The minimum Gasteiger partial charge on any atom is -0.478 e. The van der Waals surface area contributed by atoms with Crippen LogP contribution in [0.3, 0.4) is 0 Å². The third kappa shape index (κ3) is 2.90. The third-order valence-electron chi connectivity index (χ3n) is 4.23. The number of halogens is 1. The summed E-state index contributed by atoms with van der Waals surface area (Å²) in [7, 11) is 0. The molecule has 0 spiro atoms. The lowest BCUT2D eigenvalue weighted by Crippen LogP contribution is -1.97. The molecule has 122 valence electrons. The molecule has 0 fully saturated rings. The van der Waals surface area contributed by atoms with Gasteiger partial charge in [-0.25, -0.2) is 4.79 Å².